The summed E-state index contributed by atoms with van der Waals surface area (Å²) < 4.78 is 19.6. The Morgan fingerprint density at radius 1 is 0.706 bits per heavy atom. The molecule has 0 aromatic heterocycles. The lowest BCUT2D eigenvalue weighted by Crippen LogP contribution is -2.39. The zero-order chi connectivity index (χ0) is 24.8. The van der Waals surface area contributed by atoms with Crippen molar-refractivity contribution in [2.75, 3.05) is 26.4 Å². The van der Waals surface area contributed by atoms with Crippen LogP contribution in [0.1, 0.15) is 64.7 Å². The minimum atomic E-state index is -0.539. The minimum absolute atomic E-state index is 0.0139. The van der Waals surface area contributed by atoms with Gasteiger partial charge in [-0.15, -0.1) is 0 Å². The molecule has 0 radical (unpaired) electrons. The molecule has 2 amide bonds. The van der Waals surface area contributed by atoms with E-state index in [1.165, 1.54) is 13.3 Å². The van der Waals surface area contributed by atoms with Gasteiger partial charge < -0.3 is 29.6 Å². The number of carbonyl (C=O) groups excluding carboxylic acids is 4. The maximum Gasteiger partial charge on any atom is 0.407 e. The number of amides is 2. The number of nitrogens with one attached hydrogen (secondary N) is 2. The molecule has 192 valence electrons. The van der Waals surface area contributed by atoms with Crippen LogP contribution in [0.5, 0.6) is 0 Å². The summed E-state index contributed by atoms with van der Waals surface area (Å²) in [6.07, 6.45) is 9.38. The molecule has 0 heterocycles. The average molecular weight is 483 g/mol. The second-order valence-electron chi connectivity index (χ2n) is 8.94. The monoisotopic (exact) mass is 482 g/mol. The van der Waals surface area contributed by atoms with Crippen molar-refractivity contribution in [1.82, 2.24) is 10.6 Å². The highest BCUT2D eigenvalue weighted by Gasteiger charge is 2.28. The SMILES string of the molecule is C=CC(=O)OCCOC(=O)NC1CCC(CC2CCC(NC(=O)OCCOC(C)=O)CC2)CC1. The maximum absolute atomic E-state index is 11.9. The molecule has 2 aliphatic rings. The predicted octanol–water partition coefficient (Wildman–Crippen LogP) is 3.24. The quantitative estimate of drug-likeness (QED) is 0.199. The molecule has 2 rings (SSSR count). The molecule has 34 heavy (non-hydrogen) atoms. The Morgan fingerprint density at radius 2 is 1.12 bits per heavy atom. The summed E-state index contributed by atoms with van der Waals surface area (Å²) in [5, 5.41) is 5.79. The van der Waals surface area contributed by atoms with Crippen molar-refractivity contribution in [3.05, 3.63) is 12.7 Å². The van der Waals surface area contributed by atoms with E-state index in [0.29, 0.717) is 11.8 Å². The van der Waals surface area contributed by atoms with Crippen molar-refractivity contribution < 1.29 is 38.1 Å². The lowest BCUT2D eigenvalue weighted by molar-refractivity contribution is -0.142. The molecule has 0 aliphatic heterocycles. The Bertz CT molecular complexity index is 682. The van der Waals surface area contributed by atoms with Gasteiger partial charge in [-0.25, -0.2) is 14.4 Å². The molecule has 2 N–H and O–H groups in total. The highest BCUT2D eigenvalue weighted by molar-refractivity contribution is 5.81. The van der Waals surface area contributed by atoms with E-state index >= 15 is 0 Å². The van der Waals surface area contributed by atoms with Crippen LogP contribution in [0.2, 0.25) is 0 Å². The molecule has 0 atom stereocenters. The van der Waals surface area contributed by atoms with E-state index in [9.17, 15) is 19.2 Å². The summed E-state index contributed by atoms with van der Waals surface area (Å²) in [5.41, 5.74) is 0. The molecule has 0 spiro atoms. The molecular weight excluding hydrogens is 444 g/mol. The molecule has 2 fully saturated rings. The van der Waals surface area contributed by atoms with Crippen molar-refractivity contribution in [2.24, 2.45) is 11.8 Å². The first-order chi connectivity index (χ1) is 16.4. The molecule has 0 bridgehead atoms. The van der Waals surface area contributed by atoms with E-state index in [-0.39, 0.29) is 38.5 Å². The summed E-state index contributed by atoms with van der Waals surface area (Å²) in [6.45, 7) is 4.77. The number of rotatable bonds is 11. The van der Waals surface area contributed by atoms with Gasteiger partial charge in [0.2, 0.25) is 0 Å². The van der Waals surface area contributed by atoms with Crippen LogP contribution >= 0.6 is 0 Å². The van der Waals surface area contributed by atoms with Crippen LogP contribution in [-0.2, 0) is 28.5 Å². The number of hydrogen-bond acceptors (Lipinski definition) is 8. The Balaban J connectivity index is 1.52. The molecule has 2 saturated carbocycles. The van der Waals surface area contributed by atoms with E-state index in [2.05, 4.69) is 17.2 Å². The maximum atomic E-state index is 11.9. The first kappa shape index (κ1) is 27.5. The van der Waals surface area contributed by atoms with Gasteiger partial charge >= 0.3 is 24.1 Å². The smallest absolute Gasteiger partial charge is 0.407 e. The molecule has 2 aliphatic carbocycles. The molecule has 0 unspecified atom stereocenters. The number of carbonyl (C=O) groups is 4. The van der Waals surface area contributed by atoms with Crippen molar-refractivity contribution in [3.8, 4) is 0 Å². The van der Waals surface area contributed by atoms with E-state index in [4.69, 9.17) is 18.9 Å². The molecule has 10 heteroatoms. The number of hydrogen-bond donors (Lipinski definition) is 2. The summed E-state index contributed by atoms with van der Waals surface area (Å²) in [7, 11) is 0. The fraction of sp³-hybridized carbons (Fsp3) is 0.750. The highest BCUT2D eigenvalue weighted by Crippen LogP contribution is 2.35. The summed E-state index contributed by atoms with van der Waals surface area (Å²) in [6, 6.07) is 0.245. The Kier molecular flexibility index (Phi) is 12.3. The van der Waals surface area contributed by atoms with Crippen LogP contribution in [0, 0.1) is 11.8 Å². The first-order valence-corrected chi connectivity index (χ1v) is 12.1. The van der Waals surface area contributed by atoms with Crippen molar-refractivity contribution >= 4 is 24.1 Å². The van der Waals surface area contributed by atoms with Crippen LogP contribution in [0.4, 0.5) is 9.59 Å². The van der Waals surface area contributed by atoms with Gasteiger partial charge in [0.25, 0.3) is 0 Å². The van der Waals surface area contributed by atoms with Gasteiger partial charge in [0.1, 0.15) is 26.4 Å². The van der Waals surface area contributed by atoms with Gasteiger partial charge in [-0.05, 0) is 69.6 Å². The van der Waals surface area contributed by atoms with Gasteiger partial charge in [-0.1, -0.05) is 6.58 Å². The van der Waals surface area contributed by atoms with Gasteiger partial charge in [0.15, 0.2) is 0 Å². The zero-order valence-electron chi connectivity index (χ0n) is 20.1. The Labute approximate surface area is 201 Å². The van der Waals surface area contributed by atoms with Gasteiger partial charge in [0.05, 0.1) is 0 Å². The van der Waals surface area contributed by atoms with Crippen LogP contribution in [0.15, 0.2) is 12.7 Å². The standard InChI is InChI=1S/C24H38N2O8/c1-3-22(28)32-13-15-34-24(30)26-21-10-6-19(7-11-21)16-18-4-8-20(9-5-18)25-23(29)33-14-12-31-17(2)27/h3,18-21H,1,4-16H2,2H3,(H,25,29)(H,26,30). The number of ether oxygens (including phenoxy) is 4. The summed E-state index contributed by atoms with van der Waals surface area (Å²) in [5.74, 6) is 0.391. The van der Waals surface area contributed by atoms with Crippen molar-refractivity contribution in [1.29, 1.82) is 0 Å². The largest absolute Gasteiger partial charge is 0.462 e. The third-order valence-electron chi connectivity index (χ3n) is 6.35. The van der Waals surface area contributed by atoms with E-state index < -0.39 is 24.1 Å². The number of esters is 2. The van der Waals surface area contributed by atoms with E-state index in [1.54, 1.807) is 0 Å². The van der Waals surface area contributed by atoms with Crippen molar-refractivity contribution in [3.63, 3.8) is 0 Å². The van der Waals surface area contributed by atoms with E-state index in [0.717, 1.165) is 57.4 Å². The highest BCUT2D eigenvalue weighted by atomic mass is 16.6. The van der Waals surface area contributed by atoms with Gasteiger partial charge in [-0.3, -0.25) is 4.79 Å². The molecule has 0 aromatic rings. The lowest BCUT2D eigenvalue weighted by Gasteiger charge is -2.34. The second kappa shape index (κ2) is 15.2. The van der Waals surface area contributed by atoms with Crippen LogP contribution in [0.3, 0.4) is 0 Å². The summed E-state index contributed by atoms with van der Waals surface area (Å²) in [4.78, 5) is 45.3. The van der Waals surface area contributed by atoms with E-state index in [1.807, 2.05) is 0 Å². The molecule has 10 nitrogen and oxygen atoms in total. The second-order valence-corrected chi connectivity index (χ2v) is 8.94. The molecule has 0 saturated heterocycles. The molecule has 0 aromatic carbocycles. The minimum Gasteiger partial charge on any atom is -0.462 e. The fourth-order valence-corrected chi connectivity index (χ4v) is 4.63. The zero-order valence-corrected chi connectivity index (χ0v) is 20.1. The topological polar surface area (TPSA) is 129 Å². The fourth-order valence-electron chi connectivity index (χ4n) is 4.63. The summed E-state index contributed by atoms with van der Waals surface area (Å²) >= 11 is 0. The number of alkyl carbamates (subject to hydrolysis) is 2. The normalized spacial score (nSPS) is 24.3. The van der Waals surface area contributed by atoms with Crippen LogP contribution < -0.4 is 10.6 Å². The Morgan fingerprint density at radius 3 is 1.53 bits per heavy atom. The molecular formula is C24H38N2O8. The van der Waals surface area contributed by atoms with Gasteiger partial charge in [-0.2, -0.15) is 0 Å². The average Bonchev–Trinajstić information content (AvgIpc) is 2.82. The van der Waals surface area contributed by atoms with Crippen LogP contribution in [0.25, 0.3) is 0 Å². The first-order valence-electron chi connectivity index (χ1n) is 12.1. The predicted molar refractivity (Wildman–Crippen MR) is 123 cm³/mol. The third-order valence-corrected chi connectivity index (χ3v) is 6.35. The third kappa shape index (κ3) is 11.4. The van der Waals surface area contributed by atoms with Crippen LogP contribution in [-0.4, -0.2) is 62.6 Å². The van der Waals surface area contributed by atoms with Gasteiger partial charge in [0, 0.05) is 25.1 Å². The Hall–Kier alpha value is -2.78. The lowest BCUT2D eigenvalue weighted by atomic mass is 9.76. The van der Waals surface area contributed by atoms with Crippen molar-refractivity contribution in [2.45, 2.75) is 76.8 Å².